The van der Waals surface area contributed by atoms with Gasteiger partial charge in [-0.25, -0.2) is 0 Å². The van der Waals surface area contributed by atoms with Crippen molar-refractivity contribution in [3.8, 4) is 0 Å². The molecule has 1 aromatic heterocycles. The number of hydrogen-bond acceptors (Lipinski definition) is 3. The molecule has 1 heterocycles. The van der Waals surface area contributed by atoms with Gasteiger partial charge in [0.2, 0.25) is 0 Å². The molecule has 0 spiro atoms. The van der Waals surface area contributed by atoms with Crippen molar-refractivity contribution in [2.24, 2.45) is 7.05 Å². The lowest BCUT2D eigenvalue weighted by atomic mass is 9.85. The molecular weight excluding hydrogens is 242 g/mol. The first kappa shape index (κ1) is 14.1. The number of aliphatic hydroxyl groups is 1. The van der Waals surface area contributed by atoms with Gasteiger partial charge in [-0.3, -0.25) is 9.48 Å². The Bertz CT molecular complexity index is 473. The highest BCUT2D eigenvalue weighted by atomic mass is 16.3. The molecule has 0 bridgehead atoms. The molecule has 2 rings (SSSR count). The number of nitrogens with zero attached hydrogens (tertiary/aromatic N) is 2. The van der Waals surface area contributed by atoms with Gasteiger partial charge in [0.1, 0.15) is 0 Å². The molecule has 1 amide bonds. The normalized spacial score (nSPS) is 18.3. The lowest BCUT2D eigenvalue weighted by Crippen LogP contribution is -2.44. The second-order valence-electron chi connectivity index (χ2n) is 5.64. The summed E-state index contributed by atoms with van der Waals surface area (Å²) in [4.78, 5) is 12.2. The average Bonchev–Trinajstić information content (AvgIpc) is 2.62. The number of nitrogens with one attached hydrogen (secondary N) is 1. The lowest BCUT2D eigenvalue weighted by Gasteiger charge is -2.32. The maximum absolute atomic E-state index is 12.2. The summed E-state index contributed by atoms with van der Waals surface area (Å²) in [5.74, 6) is -0.137. The zero-order chi connectivity index (χ0) is 14.0. The van der Waals surface area contributed by atoms with E-state index in [1.165, 1.54) is 6.42 Å². The van der Waals surface area contributed by atoms with Crippen molar-refractivity contribution < 1.29 is 9.90 Å². The topological polar surface area (TPSA) is 67.2 Å². The Morgan fingerprint density at radius 3 is 2.53 bits per heavy atom. The molecule has 1 saturated carbocycles. The SMILES string of the molecule is Cc1nn(C)c(C)c1C(=O)NCC1(O)CCCCC1. The fourth-order valence-electron chi connectivity index (χ4n) is 2.82. The lowest BCUT2D eigenvalue weighted by molar-refractivity contribution is 0.00524. The van der Waals surface area contributed by atoms with Crippen LogP contribution in [0.15, 0.2) is 0 Å². The maximum Gasteiger partial charge on any atom is 0.255 e. The van der Waals surface area contributed by atoms with Crippen molar-refractivity contribution in [2.45, 2.75) is 51.6 Å². The third-order valence-electron chi connectivity index (χ3n) is 4.10. The highest BCUT2D eigenvalue weighted by Crippen LogP contribution is 2.27. The molecule has 1 fully saturated rings. The van der Waals surface area contributed by atoms with E-state index in [0.717, 1.165) is 37.1 Å². The molecule has 0 unspecified atom stereocenters. The Hall–Kier alpha value is -1.36. The van der Waals surface area contributed by atoms with Crippen LogP contribution in [0.5, 0.6) is 0 Å². The molecule has 5 heteroatoms. The van der Waals surface area contributed by atoms with Crippen LogP contribution >= 0.6 is 0 Å². The number of rotatable bonds is 3. The highest BCUT2D eigenvalue weighted by Gasteiger charge is 2.30. The van der Waals surface area contributed by atoms with Crippen molar-refractivity contribution in [1.82, 2.24) is 15.1 Å². The van der Waals surface area contributed by atoms with Crippen molar-refractivity contribution in [2.75, 3.05) is 6.54 Å². The van der Waals surface area contributed by atoms with Gasteiger partial charge in [0.15, 0.2) is 0 Å². The van der Waals surface area contributed by atoms with Gasteiger partial charge < -0.3 is 10.4 Å². The van der Waals surface area contributed by atoms with Crippen LogP contribution in [0.25, 0.3) is 0 Å². The minimum Gasteiger partial charge on any atom is -0.388 e. The smallest absolute Gasteiger partial charge is 0.255 e. The number of amides is 1. The first-order valence-corrected chi connectivity index (χ1v) is 6.94. The van der Waals surface area contributed by atoms with E-state index in [1.807, 2.05) is 20.9 Å². The van der Waals surface area contributed by atoms with Crippen molar-refractivity contribution in [1.29, 1.82) is 0 Å². The minimum absolute atomic E-state index is 0.137. The highest BCUT2D eigenvalue weighted by molar-refractivity contribution is 5.96. The standard InChI is InChI=1S/C14H23N3O2/c1-10-12(11(2)17(3)16-10)13(18)15-9-14(19)7-5-4-6-8-14/h19H,4-9H2,1-3H3,(H,15,18). The molecule has 0 aromatic carbocycles. The van der Waals surface area contributed by atoms with E-state index in [-0.39, 0.29) is 5.91 Å². The summed E-state index contributed by atoms with van der Waals surface area (Å²) in [6.07, 6.45) is 4.81. The quantitative estimate of drug-likeness (QED) is 0.869. The Balaban J connectivity index is 2.01. The number of carbonyl (C=O) groups is 1. The van der Waals surface area contributed by atoms with Crippen LogP contribution in [-0.4, -0.2) is 32.9 Å². The van der Waals surface area contributed by atoms with Gasteiger partial charge in [0.25, 0.3) is 5.91 Å². The summed E-state index contributed by atoms with van der Waals surface area (Å²) < 4.78 is 1.71. The van der Waals surface area contributed by atoms with Crippen LogP contribution in [0.2, 0.25) is 0 Å². The fourth-order valence-corrected chi connectivity index (χ4v) is 2.82. The zero-order valence-electron chi connectivity index (χ0n) is 12.0. The van der Waals surface area contributed by atoms with Crippen LogP contribution in [0.3, 0.4) is 0 Å². The summed E-state index contributed by atoms with van der Waals surface area (Å²) in [6, 6.07) is 0. The number of carbonyl (C=O) groups excluding carboxylic acids is 1. The molecule has 0 radical (unpaired) electrons. The van der Waals surface area contributed by atoms with Crippen molar-refractivity contribution in [3.05, 3.63) is 17.0 Å². The monoisotopic (exact) mass is 265 g/mol. The predicted octanol–water partition coefficient (Wildman–Crippen LogP) is 1.46. The van der Waals surface area contributed by atoms with Gasteiger partial charge in [-0.05, 0) is 26.7 Å². The number of hydrogen-bond donors (Lipinski definition) is 2. The van der Waals surface area contributed by atoms with Gasteiger partial charge >= 0.3 is 0 Å². The average molecular weight is 265 g/mol. The molecule has 1 aliphatic rings. The van der Waals surface area contributed by atoms with E-state index >= 15 is 0 Å². The summed E-state index contributed by atoms with van der Waals surface area (Å²) in [5, 5.41) is 17.5. The van der Waals surface area contributed by atoms with Gasteiger partial charge in [-0.2, -0.15) is 5.10 Å². The van der Waals surface area contributed by atoms with Crippen molar-refractivity contribution in [3.63, 3.8) is 0 Å². The predicted molar refractivity (Wildman–Crippen MR) is 73.1 cm³/mol. The van der Waals surface area contributed by atoms with Crippen molar-refractivity contribution >= 4 is 5.91 Å². The second-order valence-corrected chi connectivity index (χ2v) is 5.64. The molecule has 1 aromatic rings. The Morgan fingerprint density at radius 2 is 2.00 bits per heavy atom. The van der Waals surface area contributed by atoms with Gasteiger partial charge in [-0.15, -0.1) is 0 Å². The molecule has 19 heavy (non-hydrogen) atoms. The van der Waals surface area contributed by atoms with Gasteiger partial charge in [0, 0.05) is 19.3 Å². The van der Waals surface area contributed by atoms with Crippen LogP contribution in [-0.2, 0) is 7.05 Å². The number of aromatic nitrogens is 2. The molecule has 0 atom stereocenters. The van der Waals surface area contributed by atoms with E-state index < -0.39 is 5.60 Å². The van der Waals surface area contributed by atoms with E-state index in [9.17, 15) is 9.90 Å². The van der Waals surface area contributed by atoms with Gasteiger partial charge in [-0.1, -0.05) is 19.3 Å². The molecule has 5 nitrogen and oxygen atoms in total. The molecule has 0 aliphatic heterocycles. The second kappa shape index (κ2) is 5.33. The molecule has 0 saturated heterocycles. The third-order valence-corrected chi connectivity index (χ3v) is 4.10. The maximum atomic E-state index is 12.2. The Kier molecular flexibility index (Phi) is 3.94. The van der Waals surface area contributed by atoms with E-state index in [4.69, 9.17) is 0 Å². The summed E-state index contributed by atoms with van der Waals surface area (Å²) >= 11 is 0. The Labute approximate surface area is 114 Å². The summed E-state index contributed by atoms with van der Waals surface area (Å²) in [6.45, 7) is 4.04. The third kappa shape index (κ3) is 2.97. The minimum atomic E-state index is -0.724. The van der Waals surface area contributed by atoms with E-state index in [2.05, 4.69) is 10.4 Å². The fraction of sp³-hybridized carbons (Fsp3) is 0.714. The van der Waals surface area contributed by atoms with Gasteiger partial charge in [0.05, 0.1) is 16.9 Å². The van der Waals surface area contributed by atoms with E-state index in [1.54, 1.807) is 4.68 Å². The molecule has 106 valence electrons. The van der Waals surface area contributed by atoms with Crippen LogP contribution in [0.1, 0.15) is 53.8 Å². The van der Waals surface area contributed by atoms with E-state index in [0.29, 0.717) is 12.1 Å². The largest absolute Gasteiger partial charge is 0.388 e. The summed E-state index contributed by atoms with van der Waals surface area (Å²) in [7, 11) is 1.83. The van der Waals surface area contributed by atoms with Crippen LogP contribution < -0.4 is 5.32 Å². The molecular formula is C14H23N3O2. The molecule has 1 aliphatic carbocycles. The zero-order valence-corrected chi connectivity index (χ0v) is 12.0. The Morgan fingerprint density at radius 1 is 1.37 bits per heavy atom. The van der Waals surface area contributed by atoms with Crippen LogP contribution in [0, 0.1) is 13.8 Å². The molecule has 2 N–H and O–H groups in total. The van der Waals surface area contributed by atoms with Crippen LogP contribution in [0.4, 0.5) is 0 Å². The first-order chi connectivity index (χ1) is 8.93. The summed E-state index contributed by atoms with van der Waals surface area (Å²) in [5.41, 5.74) is 1.48. The number of aryl methyl sites for hydroxylation is 2. The first-order valence-electron chi connectivity index (χ1n) is 6.94.